The molecule has 0 amide bonds. The van der Waals surface area contributed by atoms with Crippen LogP contribution in [0.25, 0.3) is 11.1 Å². The fourth-order valence-electron chi connectivity index (χ4n) is 2.32. The zero-order valence-electron chi connectivity index (χ0n) is 11.3. The second kappa shape index (κ2) is 6.58. The van der Waals surface area contributed by atoms with Crippen molar-refractivity contribution in [3.63, 3.8) is 0 Å². The number of rotatable bonds is 5. The number of fused-ring (bicyclic) bond motifs is 1. The maximum Gasteiger partial charge on any atom is 0.256 e. The van der Waals surface area contributed by atoms with E-state index in [9.17, 15) is 5.11 Å². The molecule has 1 aromatic carbocycles. The van der Waals surface area contributed by atoms with Gasteiger partial charge < -0.3 is 14.8 Å². The van der Waals surface area contributed by atoms with Gasteiger partial charge in [0.2, 0.25) is 0 Å². The Morgan fingerprint density at radius 2 is 2.15 bits per heavy atom. The van der Waals surface area contributed by atoms with Gasteiger partial charge in [-0.15, -0.1) is 0 Å². The van der Waals surface area contributed by atoms with Gasteiger partial charge in [-0.05, 0) is 12.1 Å². The number of hydrogen-bond acceptors (Lipinski definition) is 6. The van der Waals surface area contributed by atoms with Crippen molar-refractivity contribution in [2.24, 2.45) is 0 Å². The summed E-state index contributed by atoms with van der Waals surface area (Å²) in [7, 11) is 0. The minimum absolute atomic E-state index is 0.354. The van der Waals surface area contributed by atoms with Gasteiger partial charge in [0.15, 0.2) is 5.58 Å². The molecular weight excluding hydrogens is 274 g/mol. The van der Waals surface area contributed by atoms with Crippen LogP contribution < -0.4 is 5.32 Å². The second-order valence-corrected chi connectivity index (χ2v) is 5.93. The molecule has 0 bridgehead atoms. The normalized spacial score (nSPS) is 18.4. The summed E-state index contributed by atoms with van der Waals surface area (Å²) in [6.07, 6.45) is -0.354. The van der Waals surface area contributed by atoms with Gasteiger partial charge >= 0.3 is 0 Å². The molecule has 0 aliphatic carbocycles. The zero-order valence-corrected chi connectivity index (χ0v) is 12.1. The molecule has 2 heterocycles. The number of nitrogens with zero attached hydrogens (tertiary/aromatic N) is 2. The molecule has 1 unspecified atom stereocenters. The molecule has 6 heteroatoms. The predicted octanol–water partition coefficient (Wildman–Crippen LogP) is 1.19. The lowest BCUT2D eigenvalue weighted by molar-refractivity contribution is 0.121. The highest BCUT2D eigenvalue weighted by Crippen LogP contribution is 2.23. The summed E-state index contributed by atoms with van der Waals surface area (Å²) in [6.45, 7) is 4.74. The molecular formula is C14H19N3O2S. The summed E-state index contributed by atoms with van der Waals surface area (Å²) in [5.41, 5.74) is 1.66. The van der Waals surface area contributed by atoms with Gasteiger partial charge in [0.05, 0.1) is 6.10 Å². The largest absolute Gasteiger partial charge is 0.431 e. The van der Waals surface area contributed by atoms with Crippen molar-refractivity contribution in [2.75, 3.05) is 38.5 Å². The van der Waals surface area contributed by atoms with E-state index in [0.29, 0.717) is 11.0 Å². The number of hydrogen-bond donors (Lipinski definition) is 2. The monoisotopic (exact) mass is 293 g/mol. The average Bonchev–Trinajstić information content (AvgIpc) is 2.89. The maximum atomic E-state index is 10.1. The quantitative estimate of drug-likeness (QED) is 0.808. The van der Waals surface area contributed by atoms with E-state index in [1.807, 2.05) is 24.3 Å². The van der Waals surface area contributed by atoms with E-state index < -0.39 is 0 Å². The molecule has 2 N–H and O–H groups in total. The third kappa shape index (κ3) is 3.52. The average molecular weight is 293 g/mol. The number of piperazine rings is 1. The molecule has 1 atom stereocenters. The predicted molar refractivity (Wildman–Crippen MR) is 80.0 cm³/mol. The Hall–Kier alpha value is -1.08. The standard InChI is InChI=1S/C14H19N3O2S/c18-11(9-17-7-5-15-6-8-17)10-20-14-16-12-3-1-2-4-13(12)19-14/h1-4,11,15,18H,5-10H2. The number of aliphatic hydroxyl groups excluding tert-OH is 1. The fraction of sp³-hybridized carbons (Fsp3) is 0.500. The molecule has 1 aliphatic heterocycles. The Morgan fingerprint density at radius 3 is 2.95 bits per heavy atom. The van der Waals surface area contributed by atoms with E-state index in [1.54, 1.807) is 0 Å². The van der Waals surface area contributed by atoms with Crippen molar-refractivity contribution in [3.05, 3.63) is 24.3 Å². The number of thioether (sulfide) groups is 1. The van der Waals surface area contributed by atoms with Gasteiger partial charge in [-0.3, -0.25) is 4.90 Å². The van der Waals surface area contributed by atoms with Crippen molar-refractivity contribution in [1.82, 2.24) is 15.2 Å². The highest BCUT2D eigenvalue weighted by Gasteiger charge is 2.15. The van der Waals surface area contributed by atoms with Crippen LogP contribution in [0.4, 0.5) is 0 Å². The van der Waals surface area contributed by atoms with E-state index in [-0.39, 0.29) is 6.10 Å². The minimum Gasteiger partial charge on any atom is -0.431 e. The highest BCUT2D eigenvalue weighted by atomic mass is 32.2. The van der Waals surface area contributed by atoms with Crippen LogP contribution in [0.3, 0.4) is 0 Å². The Bertz CT molecular complexity index is 521. The molecule has 20 heavy (non-hydrogen) atoms. The third-order valence-corrected chi connectivity index (χ3v) is 4.33. The van der Waals surface area contributed by atoms with Gasteiger partial charge in [0.25, 0.3) is 5.22 Å². The summed E-state index contributed by atoms with van der Waals surface area (Å²) >= 11 is 1.47. The molecule has 1 saturated heterocycles. The first-order valence-corrected chi connectivity index (χ1v) is 7.89. The second-order valence-electron chi connectivity index (χ2n) is 4.96. The van der Waals surface area contributed by atoms with Crippen molar-refractivity contribution in [3.8, 4) is 0 Å². The number of benzene rings is 1. The summed E-state index contributed by atoms with van der Waals surface area (Å²) in [4.78, 5) is 6.68. The molecule has 1 fully saturated rings. The molecule has 108 valence electrons. The van der Waals surface area contributed by atoms with Crippen molar-refractivity contribution in [2.45, 2.75) is 11.3 Å². The van der Waals surface area contributed by atoms with Gasteiger partial charge in [-0.2, -0.15) is 0 Å². The van der Waals surface area contributed by atoms with Crippen LogP contribution >= 0.6 is 11.8 Å². The Kier molecular flexibility index (Phi) is 4.57. The molecule has 0 spiro atoms. The van der Waals surface area contributed by atoms with Gasteiger partial charge in [-0.25, -0.2) is 4.98 Å². The van der Waals surface area contributed by atoms with E-state index in [0.717, 1.165) is 43.8 Å². The molecule has 2 aromatic rings. The molecule has 1 aromatic heterocycles. The van der Waals surface area contributed by atoms with Gasteiger partial charge in [0.1, 0.15) is 5.52 Å². The highest BCUT2D eigenvalue weighted by molar-refractivity contribution is 7.99. The first kappa shape index (κ1) is 13.9. The van der Waals surface area contributed by atoms with Crippen molar-refractivity contribution >= 4 is 22.9 Å². The lowest BCUT2D eigenvalue weighted by Crippen LogP contribution is -2.46. The molecule has 0 radical (unpaired) electrons. The topological polar surface area (TPSA) is 61.5 Å². The third-order valence-electron chi connectivity index (χ3n) is 3.35. The number of aliphatic hydroxyl groups is 1. The van der Waals surface area contributed by atoms with Crippen LogP contribution in [0.1, 0.15) is 0 Å². The summed E-state index contributed by atoms with van der Waals surface area (Å²) in [6, 6.07) is 7.71. The van der Waals surface area contributed by atoms with E-state index >= 15 is 0 Å². The smallest absolute Gasteiger partial charge is 0.256 e. The van der Waals surface area contributed by atoms with E-state index in [4.69, 9.17) is 4.42 Å². The van der Waals surface area contributed by atoms with E-state index in [2.05, 4.69) is 15.2 Å². The SMILES string of the molecule is OC(CSc1nc2ccccc2o1)CN1CCNCC1. The Morgan fingerprint density at radius 1 is 1.35 bits per heavy atom. The first-order valence-electron chi connectivity index (χ1n) is 6.91. The van der Waals surface area contributed by atoms with Crippen LogP contribution in [0, 0.1) is 0 Å². The number of nitrogens with one attached hydrogen (secondary N) is 1. The number of aromatic nitrogens is 1. The molecule has 0 saturated carbocycles. The maximum absolute atomic E-state index is 10.1. The lowest BCUT2D eigenvalue weighted by Gasteiger charge is -2.28. The fourth-order valence-corrected chi connectivity index (χ4v) is 3.08. The first-order chi connectivity index (χ1) is 9.81. The molecule has 1 aliphatic rings. The van der Waals surface area contributed by atoms with Crippen LogP contribution in [0.2, 0.25) is 0 Å². The number of oxazole rings is 1. The van der Waals surface area contributed by atoms with E-state index in [1.165, 1.54) is 11.8 Å². The van der Waals surface area contributed by atoms with Gasteiger partial charge in [0, 0.05) is 38.5 Å². The Labute approximate surface area is 122 Å². The van der Waals surface area contributed by atoms with Crippen LogP contribution in [-0.2, 0) is 0 Å². The van der Waals surface area contributed by atoms with Crippen molar-refractivity contribution < 1.29 is 9.52 Å². The number of β-amino-alcohol motifs (C(OH)–C–C–N with tert-alkyl or cyclic N) is 1. The lowest BCUT2D eigenvalue weighted by atomic mass is 10.3. The summed E-state index contributed by atoms with van der Waals surface area (Å²) in [5.74, 6) is 0.608. The van der Waals surface area contributed by atoms with Crippen LogP contribution in [-0.4, -0.2) is 59.6 Å². The molecule has 3 rings (SSSR count). The minimum atomic E-state index is -0.354. The number of para-hydroxylation sites is 2. The summed E-state index contributed by atoms with van der Waals surface area (Å²) < 4.78 is 5.63. The van der Waals surface area contributed by atoms with Crippen LogP contribution in [0.15, 0.2) is 33.9 Å². The summed E-state index contributed by atoms with van der Waals surface area (Å²) in [5, 5.41) is 14.0. The molecule has 5 nitrogen and oxygen atoms in total. The van der Waals surface area contributed by atoms with Crippen LogP contribution in [0.5, 0.6) is 0 Å². The van der Waals surface area contributed by atoms with Gasteiger partial charge in [-0.1, -0.05) is 23.9 Å². The Balaban J connectivity index is 1.50. The zero-order chi connectivity index (χ0) is 13.8. The van der Waals surface area contributed by atoms with Crippen molar-refractivity contribution in [1.29, 1.82) is 0 Å².